The minimum Gasteiger partial charge on any atom is -0.493 e. The van der Waals surface area contributed by atoms with E-state index >= 15 is 0 Å². The van der Waals surface area contributed by atoms with Gasteiger partial charge < -0.3 is 15.0 Å². The van der Waals surface area contributed by atoms with Crippen molar-refractivity contribution in [1.29, 1.82) is 0 Å². The summed E-state index contributed by atoms with van der Waals surface area (Å²) in [4.78, 5) is 15.3. The van der Waals surface area contributed by atoms with Gasteiger partial charge in [-0.25, -0.2) is 4.68 Å². The molecule has 1 amide bonds. The molecule has 0 aliphatic carbocycles. The van der Waals surface area contributed by atoms with Crippen LogP contribution in [0.2, 0.25) is 0 Å². The lowest BCUT2D eigenvalue weighted by Gasteiger charge is -2.22. The molecule has 3 aromatic rings. The largest absolute Gasteiger partial charge is 0.493 e. The number of nitrogens with zero attached hydrogens (tertiary/aromatic N) is 5. The minimum atomic E-state index is -0.210. The summed E-state index contributed by atoms with van der Waals surface area (Å²) in [7, 11) is 0. The quantitative estimate of drug-likeness (QED) is 0.710. The standard InChI is InChI=1S/C20H22N6O2/c1-2-28-19-8-4-3-7-16(19)20(27)22-17-13-15(26-14-21-23-24-26)9-10-18(17)25-11-5-6-12-25/h3-4,7-10,13-14H,2,5-6,11-12H2,1H3,(H,22,27). The summed E-state index contributed by atoms with van der Waals surface area (Å²) in [6, 6.07) is 13.1. The highest BCUT2D eigenvalue weighted by Gasteiger charge is 2.20. The van der Waals surface area contributed by atoms with Crippen LogP contribution in [-0.2, 0) is 0 Å². The summed E-state index contributed by atoms with van der Waals surface area (Å²) >= 11 is 0. The molecule has 1 aliphatic heterocycles. The van der Waals surface area contributed by atoms with Crippen LogP contribution in [0.1, 0.15) is 30.1 Å². The first-order chi connectivity index (χ1) is 13.8. The van der Waals surface area contributed by atoms with Crippen molar-refractivity contribution in [3.63, 3.8) is 0 Å². The Bertz CT molecular complexity index is 951. The average molecular weight is 378 g/mol. The zero-order valence-corrected chi connectivity index (χ0v) is 15.7. The van der Waals surface area contributed by atoms with Crippen molar-refractivity contribution in [1.82, 2.24) is 20.2 Å². The van der Waals surface area contributed by atoms with Crippen molar-refractivity contribution in [2.45, 2.75) is 19.8 Å². The third-order valence-corrected chi connectivity index (χ3v) is 4.72. The monoisotopic (exact) mass is 378 g/mol. The maximum absolute atomic E-state index is 13.0. The lowest BCUT2D eigenvalue weighted by atomic mass is 10.1. The van der Waals surface area contributed by atoms with Crippen LogP contribution in [0.25, 0.3) is 5.69 Å². The molecule has 28 heavy (non-hydrogen) atoms. The van der Waals surface area contributed by atoms with E-state index in [1.54, 1.807) is 16.8 Å². The van der Waals surface area contributed by atoms with Crippen molar-refractivity contribution < 1.29 is 9.53 Å². The van der Waals surface area contributed by atoms with Gasteiger partial charge in [0.05, 0.1) is 29.2 Å². The predicted octanol–water partition coefficient (Wildman–Crippen LogP) is 2.91. The molecule has 0 unspecified atom stereocenters. The van der Waals surface area contributed by atoms with Gasteiger partial charge in [0.15, 0.2) is 0 Å². The average Bonchev–Trinajstić information content (AvgIpc) is 3.43. The van der Waals surface area contributed by atoms with Crippen LogP contribution in [0, 0.1) is 0 Å². The van der Waals surface area contributed by atoms with Gasteiger partial charge in [0.25, 0.3) is 5.91 Å². The van der Waals surface area contributed by atoms with Crippen LogP contribution in [0.3, 0.4) is 0 Å². The molecule has 144 valence electrons. The number of ether oxygens (including phenoxy) is 1. The van der Waals surface area contributed by atoms with E-state index in [0.29, 0.717) is 17.9 Å². The van der Waals surface area contributed by atoms with Gasteiger partial charge in [-0.3, -0.25) is 4.79 Å². The van der Waals surface area contributed by atoms with Crippen molar-refractivity contribution >= 4 is 17.3 Å². The fourth-order valence-electron chi connectivity index (χ4n) is 3.41. The molecule has 8 heteroatoms. The second-order valence-electron chi connectivity index (χ2n) is 6.53. The Labute approximate surface area is 163 Å². The highest BCUT2D eigenvalue weighted by Crippen LogP contribution is 2.32. The molecule has 1 saturated heterocycles. The van der Waals surface area contributed by atoms with Gasteiger partial charge in [0.1, 0.15) is 12.1 Å². The van der Waals surface area contributed by atoms with E-state index in [9.17, 15) is 4.79 Å². The van der Waals surface area contributed by atoms with Crippen LogP contribution >= 0.6 is 0 Å². The second kappa shape index (κ2) is 8.08. The van der Waals surface area contributed by atoms with Crippen LogP contribution in [-0.4, -0.2) is 45.8 Å². The molecule has 8 nitrogen and oxygen atoms in total. The number of carbonyl (C=O) groups excluding carboxylic acids is 1. The normalized spacial score (nSPS) is 13.5. The number of hydrogen-bond acceptors (Lipinski definition) is 6. The smallest absolute Gasteiger partial charge is 0.259 e. The zero-order chi connectivity index (χ0) is 19.3. The van der Waals surface area contributed by atoms with E-state index in [0.717, 1.165) is 43.0 Å². The topological polar surface area (TPSA) is 85.2 Å². The number of carbonyl (C=O) groups is 1. The Morgan fingerprint density at radius 1 is 1.18 bits per heavy atom. The lowest BCUT2D eigenvalue weighted by molar-refractivity contribution is 0.102. The minimum absolute atomic E-state index is 0.210. The molecule has 0 saturated carbocycles. The SMILES string of the molecule is CCOc1ccccc1C(=O)Nc1cc(-n2cnnn2)ccc1N1CCCC1. The first-order valence-electron chi connectivity index (χ1n) is 9.42. The van der Waals surface area contributed by atoms with Crippen LogP contribution in [0.5, 0.6) is 5.75 Å². The van der Waals surface area contributed by atoms with Gasteiger partial charge in [-0.2, -0.15) is 0 Å². The molecular weight excluding hydrogens is 356 g/mol. The van der Waals surface area contributed by atoms with E-state index in [2.05, 4.69) is 25.7 Å². The number of amides is 1. The summed E-state index contributed by atoms with van der Waals surface area (Å²) in [5.74, 6) is 0.361. The van der Waals surface area contributed by atoms with E-state index < -0.39 is 0 Å². The van der Waals surface area contributed by atoms with Crippen molar-refractivity contribution in [2.75, 3.05) is 29.9 Å². The Hall–Kier alpha value is -3.42. The molecule has 0 radical (unpaired) electrons. The molecule has 0 bridgehead atoms. The summed E-state index contributed by atoms with van der Waals surface area (Å²) in [5, 5.41) is 14.4. The van der Waals surface area contributed by atoms with Crippen molar-refractivity contribution in [2.24, 2.45) is 0 Å². The summed E-state index contributed by atoms with van der Waals surface area (Å²) < 4.78 is 7.17. The molecule has 2 heterocycles. The van der Waals surface area contributed by atoms with Crippen LogP contribution in [0.4, 0.5) is 11.4 Å². The summed E-state index contributed by atoms with van der Waals surface area (Å²) in [6.45, 7) is 4.35. The Morgan fingerprint density at radius 3 is 2.75 bits per heavy atom. The lowest BCUT2D eigenvalue weighted by Crippen LogP contribution is -2.21. The Morgan fingerprint density at radius 2 is 2.00 bits per heavy atom. The summed E-state index contributed by atoms with van der Waals surface area (Å²) in [6.07, 6.45) is 3.82. The van der Waals surface area contributed by atoms with Gasteiger partial charge >= 0.3 is 0 Å². The number of rotatable bonds is 6. The molecule has 4 rings (SSSR count). The van der Waals surface area contributed by atoms with Gasteiger partial charge in [-0.05, 0) is 60.5 Å². The highest BCUT2D eigenvalue weighted by molar-refractivity contribution is 6.07. The van der Waals surface area contributed by atoms with E-state index in [-0.39, 0.29) is 5.91 Å². The fraction of sp³-hybridized carbons (Fsp3) is 0.300. The number of nitrogens with one attached hydrogen (secondary N) is 1. The molecular formula is C20H22N6O2. The number of para-hydroxylation sites is 1. The highest BCUT2D eigenvalue weighted by atomic mass is 16.5. The third-order valence-electron chi connectivity index (χ3n) is 4.72. The molecule has 0 spiro atoms. The van der Waals surface area contributed by atoms with Gasteiger partial charge in [0, 0.05) is 13.1 Å². The van der Waals surface area contributed by atoms with Crippen molar-refractivity contribution in [3.05, 3.63) is 54.4 Å². The maximum Gasteiger partial charge on any atom is 0.259 e. The fourth-order valence-corrected chi connectivity index (χ4v) is 3.41. The van der Waals surface area contributed by atoms with E-state index in [1.807, 2.05) is 37.3 Å². The molecule has 1 aliphatic rings. The van der Waals surface area contributed by atoms with Crippen molar-refractivity contribution in [3.8, 4) is 11.4 Å². The first-order valence-corrected chi connectivity index (χ1v) is 9.42. The van der Waals surface area contributed by atoms with E-state index in [1.165, 1.54) is 6.33 Å². The van der Waals surface area contributed by atoms with Gasteiger partial charge in [-0.1, -0.05) is 12.1 Å². The third kappa shape index (κ3) is 3.66. The van der Waals surface area contributed by atoms with Crippen LogP contribution in [0.15, 0.2) is 48.8 Å². The molecule has 0 atom stereocenters. The summed E-state index contributed by atoms with van der Waals surface area (Å²) in [5.41, 5.74) is 3.01. The molecule has 2 aromatic carbocycles. The number of tetrazole rings is 1. The van der Waals surface area contributed by atoms with Gasteiger partial charge in [0.2, 0.25) is 0 Å². The predicted molar refractivity (Wildman–Crippen MR) is 106 cm³/mol. The number of benzene rings is 2. The molecule has 1 aromatic heterocycles. The Balaban J connectivity index is 1.68. The van der Waals surface area contributed by atoms with Gasteiger partial charge in [-0.15, -0.1) is 5.10 Å². The zero-order valence-electron chi connectivity index (χ0n) is 15.7. The number of aromatic nitrogens is 4. The Kier molecular flexibility index (Phi) is 5.18. The molecule has 1 fully saturated rings. The maximum atomic E-state index is 13.0. The molecule has 1 N–H and O–H groups in total. The first kappa shape index (κ1) is 18.0. The number of anilines is 2. The second-order valence-corrected chi connectivity index (χ2v) is 6.53. The van der Waals surface area contributed by atoms with Crippen LogP contribution < -0.4 is 15.0 Å². The van der Waals surface area contributed by atoms with E-state index in [4.69, 9.17) is 4.74 Å². The number of hydrogen-bond donors (Lipinski definition) is 1.